The highest BCUT2D eigenvalue weighted by Crippen LogP contribution is 2.28. The predicted octanol–water partition coefficient (Wildman–Crippen LogP) is 3.55. The summed E-state index contributed by atoms with van der Waals surface area (Å²) in [4.78, 5) is 18.7. The Morgan fingerprint density at radius 1 is 0.861 bits per heavy atom. The summed E-state index contributed by atoms with van der Waals surface area (Å²) in [6.07, 6.45) is 9.58. The fourth-order valence-corrected chi connectivity index (χ4v) is 4.64. The Morgan fingerprint density at radius 2 is 1.67 bits per heavy atom. The molecule has 0 unspecified atom stereocenters. The zero-order valence-electron chi connectivity index (χ0n) is 21.1. The minimum atomic E-state index is 0.361. The first-order valence-electron chi connectivity index (χ1n) is 12.7. The number of hydrogen-bond acceptors (Lipinski definition) is 7. The van der Waals surface area contributed by atoms with E-state index in [1.165, 1.54) is 0 Å². The molecule has 5 heterocycles. The lowest BCUT2D eigenvalue weighted by atomic mass is 10.0. The molecule has 1 aliphatic rings. The van der Waals surface area contributed by atoms with Gasteiger partial charge in [0.1, 0.15) is 0 Å². The van der Waals surface area contributed by atoms with Gasteiger partial charge in [-0.25, -0.2) is 4.98 Å². The first-order chi connectivity index (χ1) is 17.6. The van der Waals surface area contributed by atoms with Crippen LogP contribution in [0, 0.1) is 0 Å². The lowest BCUT2D eigenvalue weighted by molar-refractivity contribution is 0.105. The summed E-state index contributed by atoms with van der Waals surface area (Å²) in [5, 5.41) is 4.62. The van der Waals surface area contributed by atoms with Crippen molar-refractivity contribution in [3.05, 3.63) is 73.1 Å². The first kappa shape index (κ1) is 24.2. The van der Waals surface area contributed by atoms with Crippen LogP contribution in [0.1, 0.15) is 19.5 Å². The quantitative estimate of drug-likeness (QED) is 0.411. The zero-order valence-corrected chi connectivity index (χ0v) is 21.1. The van der Waals surface area contributed by atoms with Crippen LogP contribution in [0.15, 0.2) is 67.4 Å². The Kier molecular flexibility index (Phi) is 7.46. The molecule has 5 rings (SSSR count). The van der Waals surface area contributed by atoms with Crippen LogP contribution in [-0.4, -0.2) is 73.3 Å². The molecule has 4 aromatic heterocycles. The van der Waals surface area contributed by atoms with Gasteiger partial charge >= 0.3 is 0 Å². The van der Waals surface area contributed by atoms with Gasteiger partial charge in [-0.1, -0.05) is 6.07 Å². The van der Waals surface area contributed by atoms with Crippen molar-refractivity contribution in [3.8, 4) is 33.6 Å². The van der Waals surface area contributed by atoms with Gasteiger partial charge in [-0.15, -0.1) is 0 Å². The van der Waals surface area contributed by atoms with Crippen LogP contribution in [0.3, 0.4) is 0 Å². The van der Waals surface area contributed by atoms with Crippen LogP contribution in [-0.2, 0) is 13.1 Å². The molecule has 1 aliphatic heterocycles. The SMILES string of the molecule is CC(C)N1CCN(CCn2cc(-c3cncc(-c4cc(CN)nc(-c5ccccn5)c4)c3)cn2)CC1. The largest absolute Gasteiger partial charge is 0.325 e. The molecule has 186 valence electrons. The van der Waals surface area contributed by atoms with E-state index in [-0.39, 0.29) is 0 Å². The average molecular weight is 483 g/mol. The molecule has 8 nitrogen and oxygen atoms in total. The number of nitrogens with zero attached hydrogens (tertiary/aromatic N) is 7. The summed E-state index contributed by atoms with van der Waals surface area (Å²) in [5.41, 5.74) is 12.5. The second kappa shape index (κ2) is 11.1. The third-order valence-corrected chi connectivity index (χ3v) is 6.84. The summed E-state index contributed by atoms with van der Waals surface area (Å²) in [6.45, 7) is 11.3. The Hall–Kier alpha value is -3.46. The Balaban J connectivity index is 1.30. The Morgan fingerprint density at radius 3 is 2.39 bits per heavy atom. The standard InChI is InChI=1S/C28H34N8/c1-21(2)35-10-7-34(8-11-35)9-12-36-20-25(19-32-36)24-13-23(17-30-18-24)22-14-26(16-29)33-28(15-22)27-5-3-4-6-31-27/h3-6,13-15,17-21H,7-12,16,29H2,1-2H3. The molecular weight excluding hydrogens is 448 g/mol. The van der Waals surface area contributed by atoms with Crippen LogP contribution < -0.4 is 5.73 Å². The first-order valence-corrected chi connectivity index (χ1v) is 12.7. The number of pyridine rings is 3. The molecule has 8 heteroatoms. The normalized spacial score (nSPS) is 15.0. The summed E-state index contributed by atoms with van der Waals surface area (Å²) in [5.74, 6) is 0. The van der Waals surface area contributed by atoms with E-state index in [1.54, 1.807) is 6.20 Å². The summed E-state index contributed by atoms with van der Waals surface area (Å²) >= 11 is 0. The second-order valence-electron chi connectivity index (χ2n) is 9.58. The topological polar surface area (TPSA) is 89.0 Å². The molecule has 1 saturated heterocycles. The predicted molar refractivity (Wildman–Crippen MR) is 143 cm³/mol. The number of piperazine rings is 1. The van der Waals surface area contributed by atoms with E-state index in [9.17, 15) is 0 Å². The van der Waals surface area contributed by atoms with Gasteiger partial charge in [0, 0.05) is 86.8 Å². The molecule has 0 radical (unpaired) electrons. The van der Waals surface area contributed by atoms with E-state index in [0.29, 0.717) is 12.6 Å². The molecule has 0 saturated carbocycles. The lowest BCUT2D eigenvalue weighted by Crippen LogP contribution is -2.49. The Labute approximate surface area is 212 Å². The minimum absolute atomic E-state index is 0.361. The van der Waals surface area contributed by atoms with Crippen molar-refractivity contribution in [3.63, 3.8) is 0 Å². The van der Waals surface area contributed by atoms with Gasteiger partial charge < -0.3 is 5.73 Å². The molecule has 0 atom stereocenters. The van der Waals surface area contributed by atoms with Crippen molar-refractivity contribution in [1.82, 2.24) is 34.5 Å². The molecule has 1 fully saturated rings. The molecule has 0 spiro atoms. The number of hydrogen-bond donors (Lipinski definition) is 1. The molecule has 0 aliphatic carbocycles. The maximum atomic E-state index is 5.95. The lowest BCUT2D eigenvalue weighted by Gasteiger charge is -2.36. The number of rotatable bonds is 8. The van der Waals surface area contributed by atoms with E-state index in [0.717, 1.165) is 78.6 Å². The monoisotopic (exact) mass is 482 g/mol. The summed E-state index contributed by atoms with van der Waals surface area (Å²) in [7, 11) is 0. The van der Waals surface area contributed by atoms with Crippen LogP contribution >= 0.6 is 0 Å². The third-order valence-electron chi connectivity index (χ3n) is 6.84. The molecule has 4 aromatic rings. The maximum Gasteiger partial charge on any atom is 0.0896 e. The summed E-state index contributed by atoms with van der Waals surface area (Å²) < 4.78 is 2.04. The van der Waals surface area contributed by atoms with E-state index in [4.69, 9.17) is 5.73 Å². The van der Waals surface area contributed by atoms with Crippen molar-refractivity contribution in [1.29, 1.82) is 0 Å². The van der Waals surface area contributed by atoms with Gasteiger partial charge in [0.15, 0.2) is 0 Å². The van der Waals surface area contributed by atoms with Crippen molar-refractivity contribution in [2.45, 2.75) is 33.0 Å². The van der Waals surface area contributed by atoms with E-state index in [2.05, 4.69) is 56.0 Å². The highest BCUT2D eigenvalue weighted by Gasteiger charge is 2.18. The van der Waals surface area contributed by atoms with Crippen LogP contribution in [0.5, 0.6) is 0 Å². The highest BCUT2D eigenvalue weighted by atomic mass is 15.3. The van der Waals surface area contributed by atoms with Gasteiger partial charge in [0.2, 0.25) is 0 Å². The van der Waals surface area contributed by atoms with Gasteiger partial charge in [-0.2, -0.15) is 5.10 Å². The van der Waals surface area contributed by atoms with Gasteiger partial charge in [0.05, 0.1) is 29.8 Å². The Bertz CT molecular complexity index is 1280. The number of aromatic nitrogens is 5. The molecule has 2 N–H and O–H groups in total. The molecular formula is C28H34N8. The van der Waals surface area contributed by atoms with Crippen molar-refractivity contribution in [2.24, 2.45) is 5.73 Å². The minimum Gasteiger partial charge on any atom is -0.325 e. The molecule has 0 bridgehead atoms. The highest BCUT2D eigenvalue weighted by molar-refractivity contribution is 5.74. The second-order valence-corrected chi connectivity index (χ2v) is 9.58. The zero-order chi connectivity index (χ0) is 24.9. The average Bonchev–Trinajstić information content (AvgIpc) is 3.41. The molecule has 0 amide bonds. The fourth-order valence-electron chi connectivity index (χ4n) is 4.64. The van der Waals surface area contributed by atoms with Crippen LogP contribution in [0.25, 0.3) is 33.6 Å². The van der Waals surface area contributed by atoms with Gasteiger partial charge in [-0.05, 0) is 49.7 Å². The van der Waals surface area contributed by atoms with E-state index in [1.807, 2.05) is 53.6 Å². The third kappa shape index (κ3) is 5.67. The summed E-state index contributed by atoms with van der Waals surface area (Å²) in [6, 6.07) is 12.7. The van der Waals surface area contributed by atoms with Crippen molar-refractivity contribution >= 4 is 0 Å². The van der Waals surface area contributed by atoms with Crippen LogP contribution in [0.4, 0.5) is 0 Å². The van der Waals surface area contributed by atoms with Crippen molar-refractivity contribution < 1.29 is 0 Å². The van der Waals surface area contributed by atoms with Crippen LogP contribution in [0.2, 0.25) is 0 Å². The smallest absolute Gasteiger partial charge is 0.0896 e. The molecule has 36 heavy (non-hydrogen) atoms. The molecule has 0 aromatic carbocycles. The van der Waals surface area contributed by atoms with Gasteiger partial charge in [0.25, 0.3) is 0 Å². The van der Waals surface area contributed by atoms with E-state index >= 15 is 0 Å². The maximum absolute atomic E-state index is 5.95. The van der Waals surface area contributed by atoms with Crippen molar-refractivity contribution in [2.75, 3.05) is 32.7 Å². The number of nitrogens with two attached hydrogens (primary N) is 1. The van der Waals surface area contributed by atoms with E-state index < -0.39 is 0 Å². The fraction of sp³-hybridized carbons (Fsp3) is 0.357. The van der Waals surface area contributed by atoms with Gasteiger partial charge in [-0.3, -0.25) is 24.4 Å².